The SMILES string of the molecule is Cc1ccc(S(=O)(=O)N2CC(O)C(O)C2)c(N)c1. The molecule has 1 fully saturated rings. The fraction of sp³-hybridized carbons (Fsp3) is 0.455. The largest absolute Gasteiger partial charge is 0.398 e. The van der Waals surface area contributed by atoms with Gasteiger partial charge in [0, 0.05) is 13.1 Å². The zero-order chi connectivity index (χ0) is 13.5. The van der Waals surface area contributed by atoms with E-state index in [9.17, 15) is 18.6 Å². The van der Waals surface area contributed by atoms with Crippen molar-refractivity contribution in [2.75, 3.05) is 18.8 Å². The Hall–Kier alpha value is -1.15. The molecule has 4 N–H and O–H groups in total. The van der Waals surface area contributed by atoms with E-state index >= 15 is 0 Å². The summed E-state index contributed by atoms with van der Waals surface area (Å²) >= 11 is 0. The molecule has 1 aromatic rings. The minimum absolute atomic E-state index is 0.00870. The predicted molar refractivity (Wildman–Crippen MR) is 66.4 cm³/mol. The standard InChI is InChI=1S/C11H16N2O4S/c1-7-2-3-11(8(12)4-7)18(16,17)13-5-9(14)10(15)6-13/h2-4,9-10,14-15H,5-6,12H2,1H3. The first-order chi connectivity index (χ1) is 8.32. The van der Waals surface area contributed by atoms with Gasteiger partial charge in [0.1, 0.15) is 4.90 Å². The molecule has 0 aliphatic carbocycles. The summed E-state index contributed by atoms with van der Waals surface area (Å²) < 4.78 is 25.6. The van der Waals surface area contributed by atoms with Gasteiger partial charge in [-0.1, -0.05) is 6.07 Å². The van der Waals surface area contributed by atoms with Gasteiger partial charge in [-0.2, -0.15) is 4.31 Å². The third kappa shape index (κ3) is 2.22. The first-order valence-electron chi connectivity index (χ1n) is 5.55. The van der Waals surface area contributed by atoms with Crippen LogP contribution in [0.25, 0.3) is 0 Å². The molecule has 1 saturated heterocycles. The summed E-state index contributed by atoms with van der Waals surface area (Å²) in [7, 11) is -3.76. The highest BCUT2D eigenvalue weighted by Crippen LogP contribution is 2.26. The molecule has 18 heavy (non-hydrogen) atoms. The van der Waals surface area contributed by atoms with Crippen molar-refractivity contribution in [1.29, 1.82) is 0 Å². The molecule has 2 unspecified atom stereocenters. The van der Waals surface area contributed by atoms with E-state index in [1.165, 1.54) is 6.07 Å². The highest BCUT2D eigenvalue weighted by atomic mass is 32.2. The molecule has 1 aliphatic heterocycles. The maximum Gasteiger partial charge on any atom is 0.245 e. The highest BCUT2D eigenvalue weighted by molar-refractivity contribution is 7.89. The van der Waals surface area contributed by atoms with Gasteiger partial charge in [0.05, 0.1) is 17.9 Å². The highest BCUT2D eigenvalue weighted by Gasteiger charge is 2.38. The smallest absolute Gasteiger partial charge is 0.245 e. The van der Waals surface area contributed by atoms with Gasteiger partial charge in [-0.25, -0.2) is 8.42 Å². The van der Waals surface area contributed by atoms with Crippen LogP contribution < -0.4 is 5.73 Å². The number of aliphatic hydroxyl groups is 2. The quantitative estimate of drug-likeness (QED) is 0.618. The van der Waals surface area contributed by atoms with E-state index in [4.69, 9.17) is 5.73 Å². The number of aryl methyl sites for hydroxylation is 1. The minimum Gasteiger partial charge on any atom is -0.398 e. The average molecular weight is 272 g/mol. The lowest BCUT2D eigenvalue weighted by Gasteiger charge is -2.17. The number of hydrogen-bond donors (Lipinski definition) is 3. The second-order valence-electron chi connectivity index (χ2n) is 4.50. The third-order valence-corrected chi connectivity index (χ3v) is 4.91. The summed E-state index contributed by atoms with van der Waals surface area (Å²) in [6, 6.07) is 4.68. The molecule has 1 aromatic carbocycles. The molecule has 0 spiro atoms. The molecular weight excluding hydrogens is 256 g/mol. The Bertz CT molecular complexity index is 548. The molecule has 0 saturated carbocycles. The molecule has 0 aromatic heterocycles. The van der Waals surface area contributed by atoms with Crippen molar-refractivity contribution in [3.63, 3.8) is 0 Å². The number of sulfonamides is 1. The molecule has 1 aliphatic rings. The Morgan fingerprint density at radius 2 is 1.83 bits per heavy atom. The van der Waals surface area contributed by atoms with E-state index in [-0.39, 0.29) is 23.7 Å². The van der Waals surface area contributed by atoms with Gasteiger partial charge < -0.3 is 15.9 Å². The van der Waals surface area contributed by atoms with E-state index in [1.807, 2.05) is 6.92 Å². The van der Waals surface area contributed by atoms with Crippen molar-refractivity contribution in [3.05, 3.63) is 23.8 Å². The van der Waals surface area contributed by atoms with Gasteiger partial charge in [0.25, 0.3) is 0 Å². The van der Waals surface area contributed by atoms with Crippen LogP contribution in [0.1, 0.15) is 5.56 Å². The lowest BCUT2D eigenvalue weighted by atomic mass is 10.2. The van der Waals surface area contributed by atoms with Crippen LogP contribution in [0.15, 0.2) is 23.1 Å². The fourth-order valence-corrected chi connectivity index (χ4v) is 3.55. The second kappa shape index (κ2) is 4.51. The van der Waals surface area contributed by atoms with Crippen molar-refractivity contribution < 1.29 is 18.6 Å². The average Bonchev–Trinajstić information content (AvgIpc) is 2.59. The van der Waals surface area contributed by atoms with Crippen LogP contribution in [0, 0.1) is 6.92 Å². The van der Waals surface area contributed by atoms with Gasteiger partial charge in [0.2, 0.25) is 10.0 Å². The first kappa shape index (κ1) is 13.3. The molecule has 6 nitrogen and oxygen atoms in total. The van der Waals surface area contributed by atoms with Crippen LogP contribution in [0.5, 0.6) is 0 Å². The normalized spacial score (nSPS) is 25.5. The van der Waals surface area contributed by atoms with Gasteiger partial charge >= 0.3 is 0 Å². The maximum absolute atomic E-state index is 12.3. The lowest BCUT2D eigenvalue weighted by molar-refractivity contribution is 0.0572. The molecule has 2 rings (SSSR count). The maximum atomic E-state index is 12.3. The van der Waals surface area contributed by atoms with Gasteiger partial charge in [0.15, 0.2) is 0 Å². The summed E-state index contributed by atoms with van der Waals surface area (Å²) in [4.78, 5) is 0.00870. The number of anilines is 1. The van der Waals surface area contributed by atoms with Crippen LogP contribution in [0.4, 0.5) is 5.69 Å². The van der Waals surface area contributed by atoms with Gasteiger partial charge in [-0.3, -0.25) is 0 Å². The number of aliphatic hydroxyl groups excluding tert-OH is 2. The summed E-state index contributed by atoms with van der Waals surface area (Å²) in [5.41, 5.74) is 6.75. The van der Waals surface area contributed by atoms with Crippen LogP contribution in [-0.2, 0) is 10.0 Å². The Morgan fingerprint density at radius 1 is 1.28 bits per heavy atom. The Labute approximate surface area is 106 Å². The Morgan fingerprint density at radius 3 is 2.33 bits per heavy atom. The van der Waals surface area contributed by atoms with Crippen molar-refractivity contribution in [2.24, 2.45) is 0 Å². The van der Waals surface area contributed by atoms with Crippen LogP contribution in [-0.4, -0.2) is 48.2 Å². The molecule has 100 valence electrons. The van der Waals surface area contributed by atoms with Crippen molar-refractivity contribution in [2.45, 2.75) is 24.0 Å². The summed E-state index contributed by atoms with van der Waals surface area (Å²) in [6.45, 7) is 1.59. The minimum atomic E-state index is -3.76. The van der Waals surface area contributed by atoms with E-state index in [0.29, 0.717) is 0 Å². The summed E-state index contributed by atoms with van der Waals surface area (Å²) in [5, 5.41) is 18.8. The number of nitrogens with two attached hydrogens (primary N) is 1. The number of β-amino-alcohol motifs (C(OH)–C–C–N with tert-alkyl or cyclic N) is 2. The molecule has 7 heteroatoms. The monoisotopic (exact) mass is 272 g/mol. The molecule has 0 radical (unpaired) electrons. The topological polar surface area (TPSA) is 104 Å². The number of nitrogen functional groups attached to an aromatic ring is 1. The number of nitrogens with zero attached hydrogens (tertiary/aromatic N) is 1. The zero-order valence-corrected chi connectivity index (χ0v) is 10.8. The molecular formula is C11H16N2O4S. The van der Waals surface area contributed by atoms with E-state index in [0.717, 1.165) is 9.87 Å². The summed E-state index contributed by atoms with van der Waals surface area (Å²) in [6.07, 6.45) is -2.10. The lowest BCUT2D eigenvalue weighted by Crippen LogP contribution is -2.30. The van der Waals surface area contributed by atoms with Gasteiger partial charge in [-0.15, -0.1) is 0 Å². The zero-order valence-electron chi connectivity index (χ0n) is 9.94. The van der Waals surface area contributed by atoms with E-state index in [1.54, 1.807) is 12.1 Å². The molecule has 0 bridgehead atoms. The van der Waals surface area contributed by atoms with Crippen LogP contribution in [0.2, 0.25) is 0 Å². The van der Waals surface area contributed by atoms with Crippen molar-refractivity contribution in [3.8, 4) is 0 Å². The number of benzene rings is 1. The Kier molecular flexibility index (Phi) is 3.33. The van der Waals surface area contributed by atoms with E-state index < -0.39 is 22.2 Å². The predicted octanol–water partition coefficient (Wildman–Crippen LogP) is -0.697. The molecule has 2 atom stereocenters. The first-order valence-corrected chi connectivity index (χ1v) is 6.99. The Balaban J connectivity index is 2.37. The third-order valence-electron chi connectivity index (χ3n) is 3.01. The summed E-state index contributed by atoms with van der Waals surface area (Å²) in [5.74, 6) is 0. The van der Waals surface area contributed by atoms with Gasteiger partial charge in [-0.05, 0) is 24.6 Å². The van der Waals surface area contributed by atoms with E-state index in [2.05, 4.69) is 0 Å². The fourth-order valence-electron chi connectivity index (χ4n) is 1.97. The second-order valence-corrected chi connectivity index (χ2v) is 6.40. The number of rotatable bonds is 2. The van der Waals surface area contributed by atoms with Crippen molar-refractivity contribution in [1.82, 2.24) is 4.31 Å². The van der Waals surface area contributed by atoms with Crippen molar-refractivity contribution >= 4 is 15.7 Å². The van der Waals surface area contributed by atoms with Crippen LogP contribution in [0.3, 0.4) is 0 Å². The molecule has 1 heterocycles. The number of hydrogen-bond acceptors (Lipinski definition) is 5. The molecule has 0 amide bonds. The van der Waals surface area contributed by atoms with Crippen LogP contribution >= 0.6 is 0 Å².